The van der Waals surface area contributed by atoms with E-state index in [1.165, 1.54) is 5.56 Å². The third-order valence-corrected chi connectivity index (χ3v) is 6.72. The van der Waals surface area contributed by atoms with Gasteiger partial charge in [-0.05, 0) is 31.9 Å². The first-order valence-electron chi connectivity index (χ1n) is 9.00. The summed E-state index contributed by atoms with van der Waals surface area (Å²) >= 11 is 1.59. The molecule has 27 heavy (non-hydrogen) atoms. The highest BCUT2D eigenvalue weighted by Crippen LogP contribution is 2.32. The first kappa shape index (κ1) is 20.0. The van der Waals surface area contributed by atoms with Crippen LogP contribution in [0.4, 0.5) is 0 Å². The van der Waals surface area contributed by atoms with E-state index in [0.29, 0.717) is 5.92 Å². The molecule has 3 heterocycles. The molecule has 1 aromatic carbocycles. The van der Waals surface area contributed by atoms with Gasteiger partial charge in [0.2, 0.25) is 0 Å². The lowest BCUT2D eigenvalue weighted by Gasteiger charge is -2.23. The normalized spacial score (nSPS) is 21.3. The van der Waals surface area contributed by atoms with Gasteiger partial charge >= 0.3 is 0 Å². The van der Waals surface area contributed by atoms with Crippen LogP contribution in [0.15, 0.2) is 35.1 Å². The molecule has 144 valence electrons. The van der Waals surface area contributed by atoms with Gasteiger partial charge in [-0.3, -0.25) is 9.69 Å². The maximum Gasteiger partial charge on any atom is 0.259 e. The van der Waals surface area contributed by atoms with E-state index < -0.39 is 0 Å². The monoisotopic (exact) mass is 404 g/mol. The van der Waals surface area contributed by atoms with Crippen LogP contribution in [-0.4, -0.2) is 34.0 Å². The van der Waals surface area contributed by atoms with Gasteiger partial charge in [-0.1, -0.05) is 30.3 Å². The fraction of sp³-hybridized carbons (Fsp3) is 0.400. The molecule has 0 radical (unpaired) electrons. The van der Waals surface area contributed by atoms with Gasteiger partial charge in [0, 0.05) is 29.9 Å². The van der Waals surface area contributed by atoms with E-state index in [9.17, 15) is 4.79 Å². The van der Waals surface area contributed by atoms with E-state index in [-0.39, 0.29) is 30.0 Å². The molecule has 1 fully saturated rings. The molecule has 0 amide bonds. The van der Waals surface area contributed by atoms with Crippen molar-refractivity contribution < 1.29 is 0 Å². The Bertz CT molecular complexity index is 1000. The van der Waals surface area contributed by atoms with Gasteiger partial charge in [0.25, 0.3) is 5.56 Å². The number of H-pyrrole nitrogens is 1. The molecule has 1 aliphatic rings. The van der Waals surface area contributed by atoms with Crippen LogP contribution in [0.2, 0.25) is 0 Å². The topological polar surface area (TPSA) is 75.0 Å². The summed E-state index contributed by atoms with van der Waals surface area (Å²) < 4.78 is 0. The summed E-state index contributed by atoms with van der Waals surface area (Å²) in [5, 5.41) is 0.726. The van der Waals surface area contributed by atoms with Crippen LogP contribution in [0.1, 0.15) is 40.7 Å². The number of rotatable bonds is 3. The number of nitrogens with two attached hydrogens (primary N) is 1. The number of nitrogens with one attached hydrogen (secondary N) is 1. The predicted molar refractivity (Wildman–Crippen MR) is 114 cm³/mol. The van der Waals surface area contributed by atoms with E-state index >= 15 is 0 Å². The van der Waals surface area contributed by atoms with Crippen molar-refractivity contribution in [2.45, 2.75) is 38.8 Å². The Morgan fingerprint density at radius 2 is 1.96 bits per heavy atom. The molecule has 5 nitrogen and oxygen atoms in total. The minimum atomic E-state index is -0.0400. The van der Waals surface area contributed by atoms with Crippen molar-refractivity contribution in [2.75, 3.05) is 13.1 Å². The molecular weight excluding hydrogens is 380 g/mol. The Balaban J connectivity index is 0.00000210. The third kappa shape index (κ3) is 3.55. The third-order valence-electron chi connectivity index (χ3n) is 5.62. The minimum absolute atomic E-state index is 0. The number of nitrogens with zero attached hydrogens (tertiary/aromatic N) is 2. The van der Waals surface area contributed by atoms with E-state index in [4.69, 9.17) is 10.7 Å². The summed E-state index contributed by atoms with van der Waals surface area (Å²) in [6, 6.07) is 10.5. The summed E-state index contributed by atoms with van der Waals surface area (Å²) in [4.78, 5) is 24.6. The average Bonchev–Trinajstić information content (AvgIpc) is 3.15. The second kappa shape index (κ2) is 7.72. The highest BCUT2D eigenvalue weighted by Gasteiger charge is 2.34. The van der Waals surface area contributed by atoms with Crippen molar-refractivity contribution in [3.05, 3.63) is 62.5 Å². The number of thiophene rings is 1. The van der Waals surface area contributed by atoms with Crippen LogP contribution in [-0.2, 0) is 0 Å². The number of aromatic amines is 1. The standard InChI is InChI=1S/C20H24N4OS.ClH/c1-11-13(3)26-20-17(11)19(25)22-18(23-20)12(2)24-9-15(16(21)10-24)14-7-5-4-6-8-14;/h4-8,12,15-16H,9-10,21H2,1-3H3,(H,22,23,25);1H/t12?,15-,16+;/m0./s1. The molecule has 0 saturated carbocycles. The Morgan fingerprint density at radius 3 is 2.67 bits per heavy atom. The second-order valence-corrected chi connectivity index (χ2v) is 8.43. The van der Waals surface area contributed by atoms with E-state index in [1.807, 2.05) is 19.9 Å². The fourth-order valence-corrected chi connectivity index (χ4v) is 4.91. The molecule has 1 aliphatic heterocycles. The highest BCUT2D eigenvalue weighted by molar-refractivity contribution is 7.18. The van der Waals surface area contributed by atoms with Gasteiger partial charge < -0.3 is 10.7 Å². The summed E-state index contributed by atoms with van der Waals surface area (Å²) in [6.07, 6.45) is 0. The molecule has 2 aromatic heterocycles. The lowest BCUT2D eigenvalue weighted by Crippen LogP contribution is -2.31. The van der Waals surface area contributed by atoms with Crippen LogP contribution < -0.4 is 11.3 Å². The van der Waals surface area contributed by atoms with Crippen LogP contribution in [0.3, 0.4) is 0 Å². The van der Waals surface area contributed by atoms with Gasteiger partial charge in [0.1, 0.15) is 10.7 Å². The number of aromatic nitrogens is 2. The molecule has 4 rings (SSSR count). The molecule has 0 bridgehead atoms. The van der Waals surface area contributed by atoms with E-state index in [0.717, 1.165) is 39.6 Å². The first-order chi connectivity index (χ1) is 12.5. The molecule has 3 aromatic rings. The molecule has 3 atom stereocenters. The van der Waals surface area contributed by atoms with Crippen LogP contribution in [0.5, 0.6) is 0 Å². The molecular formula is C20H25ClN4OS. The molecule has 1 unspecified atom stereocenters. The van der Waals surface area contributed by atoms with Gasteiger partial charge in [-0.2, -0.15) is 0 Å². The highest BCUT2D eigenvalue weighted by atomic mass is 35.5. The van der Waals surface area contributed by atoms with Crippen molar-refractivity contribution in [2.24, 2.45) is 5.73 Å². The summed E-state index contributed by atoms with van der Waals surface area (Å²) in [7, 11) is 0. The maximum atomic E-state index is 12.6. The first-order valence-corrected chi connectivity index (χ1v) is 9.82. The number of halogens is 1. The van der Waals surface area contributed by atoms with Gasteiger partial charge in [0.05, 0.1) is 11.4 Å². The quantitative estimate of drug-likeness (QED) is 0.700. The second-order valence-electron chi connectivity index (χ2n) is 7.23. The zero-order valence-corrected chi connectivity index (χ0v) is 17.4. The van der Waals surface area contributed by atoms with Crippen LogP contribution >= 0.6 is 23.7 Å². The van der Waals surface area contributed by atoms with Gasteiger partial charge in [-0.25, -0.2) is 4.98 Å². The fourth-order valence-electron chi connectivity index (χ4n) is 3.87. The average molecular weight is 405 g/mol. The molecule has 1 saturated heterocycles. The Hall–Kier alpha value is -1.73. The molecule has 3 N–H and O–H groups in total. The number of aryl methyl sites for hydroxylation is 2. The Kier molecular flexibility index (Phi) is 5.72. The lowest BCUT2D eigenvalue weighted by molar-refractivity contribution is 0.248. The SMILES string of the molecule is Cc1sc2nc(C(C)N3C[C@@H](N)[C@H](c4ccccc4)C3)[nH]c(=O)c2c1C.Cl. The zero-order chi connectivity index (χ0) is 18.4. The maximum absolute atomic E-state index is 12.6. The molecule has 7 heteroatoms. The van der Waals surface area contributed by atoms with Crippen molar-refractivity contribution in [3.63, 3.8) is 0 Å². The number of fused-ring (bicyclic) bond motifs is 1. The predicted octanol–water partition coefficient (Wildman–Crippen LogP) is 3.51. The summed E-state index contributed by atoms with van der Waals surface area (Å²) in [5.41, 5.74) is 8.70. The largest absolute Gasteiger partial charge is 0.326 e. The van der Waals surface area contributed by atoms with E-state index in [1.54, 1.807) is 11.3 Å². The Morgan fingerprint density at radius 1 is 1.26 bits per heavy atom. The van der Waals surface area contributed by atoms with Crippen LogP contribution in [0, 0.1) is 13.8 Å². The van der Waals surface area contributed by atoms with Gasteiger partial charge in [0.15, 0.2) is 0 Å². The molecule has 0 spiro atoms. The van der Waals surface area contributed by atoms with Crippen molar-refractivity contribution in [1.29, 1.82) is 0 Å². The number of likely N-dealkylation sites (tertiary alicyclic amines) is 1. The Labute approximate surface area is 169 Å². The van der Waals surface area contributed by atoms with Crippen molar-refractivity contribution in [3.8, 4) is 0 Å². The number of hydrogen-bond donors (Lipinski definition) is 2. The summed E-state index contributed by atoms with van der Waals surface area (Å²) in [6.45, 7) is 7.78. The minimum Gasteiger partial charge on any atom is -0.326 e. The lowest BCUT2D eigenvalue weighted by atomic mass is 9.95. The number of benzene rings is 1. The van der Waals surface area contributed by atoms with Crippen molar-refractivity contribution >= 4 is 34.0 Å². The van der Waals surface area contributed by atoms with E-state index in [2.05, 4.69) is 41.1 Å². The summed E-state index contributed by atoms with van der Waals surface area (Å²) in [5.74, 6) is 1.03. The van der Waals surface area contributed by atoms with Gasteiger partial charge in [-0.15, -0.1) is 23.7 Å². The van der Waals surface area contributed by atoms with Crippen LogP contribution in [0.25, 0.3) is 10.2 Å². The molecule has 0 aliphatic carbocycles. The van der Waals surface area contributed by atoms with Crippen molar-refractivity contribution in [1.82, 2.24) is 14.9 Å². The smallest absolute Gasteiger partial charge is 0.259 e. The number of hydrogen-bond acceptors (Lipinski definition) is 5. The zero-order valence-electron chi connectivity index (χ0n) is 15.7.